The number of aliphatic hydroxyl groups is 1. The first-order chi connectivity index (χ1) is 16.0. The van der Waals surface area contributed by atoms with Crippen LogP contribution in [0.15, 0.2) is 36.4 Å². The summed E-state index contributed by atoms with van der Waals surface area (Å²) in [6.07, 6.45) is 4.55. The highest BCUT2D eigenvalue weighted by Gasteiger charge is 2.31. The first-order valence-electron chi connectivity index (χ1n) is 13.2. The van der Waals surface area contributed by atoms with Crippen LogP contribution >= 0.6 is 0 Å². The highest BCUT2D eigenvalue weighted by molar-refractivity contribution is 5.47. The Bertz CT molecular complexity index is 904. The van der Waals surface area contributed by atoms with Crippen LogP contribution in [0.4, 0.5) is 0 Å². The van der Waals surface area contributed by atoms with E-state index in [1.54, 1.807) is 0 Å². The summed E-state index contributed by atoms with van der Waals surface area (Å²) in [5.41, 5.74) is 6.49. The summed E-state index contributed by atoms with van der Waals surface area (Å²) in [5, 5.41) is 13.8. The van der Waals surface area contributed by atoms with Crippen molar-refractivity contribution < 1.29 is 9.84 Å². The third-order valence-electron chi connectivity index (χ3n) is 7.86. The minimum atomic E-state index is -0.290. The number of ether oxygens (including phenoxy) is 1. The number of hydrogen-bond acceptors (Lipinski definition) is 3. The Labute approximate surface area is 209 Å². The van der Waals surface area contributed by atoms with Crippen molar-refractivity contribution in [2.45, 2.75) is 105 Å². The van der Waals surface area contributed by atoms with Crippen molar-refractivity contribution in [3.63, 3.8) is 0 Å². The van der Waals surface area contributed by atoms with Crippen molar-refractivity contribution in [1.29, 1.82) is 0 Å². The first kappa shape index (κ1) is 28.4. The number of benzene rings is 2. The third kappa shape index (κ3) is 6.64. The highest BCUT2D eigenvalue weighted by Crippen LogP contribution is 2.41. The van der Waals surface area contributed by atoms with Gasteiger partial charge in [0.05, 0.1) is 6.10 Å². The zero-order valence-corrected chi connectivity index (χ0v) is 23.2. The van der Waals surface area contributed by atoms with E-state index in [1.807, 2.05) is 7.05 Å². The van der Waals surface area contributed by atoms with E-state index in [2.05, 4.69) is 97.1 Å². The van der Waals surface area contributed by atoms with E-state index in [9.17, 15) is 5.11 Å². The lowest BCUT2D eigenvalue weighted by Crippen LogP contribution is -2.31. The van der Waals surface area contributed by atoms with Gasteiger partial charge in [-0.05, 0) is 92.3 Å². The molecule has 2 rings (SSSR count). The fourth-order valence-corrected chi connectivity index (χ4v) is 4.94. The molecule has 2 N–H and O–H groups in total. The molecule has 2 aromatic rings. The molecule has 0 heterocycles. The van der Waals surface area contributed by atoms with Crippen LogP contribution in [-0.4, -0.2) is 30.9 Å². The van der Waals surface area contributed by atoms with E-state index in [-0.39, 0.29) is 16.9 Å². The molecule has 0 aliphatic carbocycles. The Hall–Kier alpha value is -1.84. The minimum absolute atomic E-state index is 0.0194. The lowest BCUT2D eigenvalue weighted by Gasteiger charge is -2.34. The van der Waals surface area contributed by atoms with Gasteiger partial charge in [0.25, 0.3) is 0 Å². The Morgan fingerprint density at radius 2 is 1.50 bits per heavy atom. The van der Waals surface area contributed by atoms with Gasteiger partial charge in [0.15, 0.2) is 0 Å². The van der Waals surface area contributed by atoms with Gasteiger partial charge in [0.2, 0.25) is 0 Å². The topological polar surface area (TPSA) is 41.5 Å². The van der Waals surface area contributed by atoms with Gasteiger partial charge in [-0.15, -0.1) is 0 Å². The summed E-state index contributed by atoms with van der Waals surface area (Å²) in [6.45, 7) is 18.1. The molecule has 34 heavy (non-hydrogen) atoms. The number of aryl methyl sites for hydroxylation is 3. The van der Waals surface area contributed by atoms with Crippen molar-refractivity contribution in [2.24, 2.45) is 5.41 Å². The van der Waals surface area contributed by atoms with Crippen LogP contribution in [0.1, 0.15) is 95.0 Å². The normalized spacial score (nSPS) is 14.2. The van der Waals surface area contributed by atoms with E-state index >= 15 is 0 Å². The molecule has 0 spiro atoms. The molecule has 2 atom stereocenters. The largest absolute Gasteiger partial charge is 0.492 e. The Balaban J connectivity index is 2.30. The molecule has 2 aromatic carbocycles. The van der Waals surface area contributed by atoms with Crippen LogP contribution < -0.4 is 10.1 Å². The fraction of sp³-hybridized carbons (Fsp3) is 0.613. The minimum Gasteiger partial charge on any atom is -0.492 e. The molecule has 0 aliphatic heterocycles. The first-order valence-corrected chi connectivity index (χ1v) is 13.2. The average Bonchev–Trinajstić information content (AvgIpc) is 2.80. The van der Waals surface area contributed by atoms with Crippen molar-refractivity contribution >= 4 is 0 Å². The predicted octanol–water partition coefficient (Wildman–Crippen LogP) is 7.13. The van der Waals surface area contributed by atoms with Crippen molar-refractivity contribution in [3.8, 4) is 5.75 Å². The molecule has 0 amide bonds. The number of nitrogens with one attached hydrogen (secondary N) is 1. The zero-order valence-electron chi connectivity index (χ0n) is 23.2. The molecule has 0 fully saturated rings. The molecule has 3 heteroatoms. The Morgan fingerprint density at radius 3 is 1.97 bits per heavy atom. The number of hydrogen-bond donors (Lipinski definition) is 2. The van der Waals surface area contributed by atoms with E-state index in [0.717, 1.165) is 37.9 Å². The molecule has 0 aromatic heterocycles. The van der Waals surface area contributed by atoms with Crippen LogP contribution in [0.25, 0.3) is 0 Å². The maximum atomic E-state index is 10.5. The van der Waals surface area contributed by atoms with Crippen LogP contribution in [0.5, 0.6) is 5.75 Å². The van der Waals surface area contributed by atoms with E-state index in [0.29, 0.717) is 12.6 Å². The van der Waals surface area contributed by atoms with Gasteiger partial charge in [-0.25, -0.2) is 0 Å². The van der Waals surface area contributed by atoms with Gasteiger partial charge in [-0.2, -0.15) is 0 Å². The molecule has 0 saturated heterocycles. The quantitative estimate of drug-likeness (QED) is 0.349. The van der Waals surface area contributed by atoms with E-state index < -0.39 is 0 Å². The number of rotatable bonds is 12. The Kier molecular flexibility index (Phi) is 10.2. The van der Waals surface area contributed by atoms with Gasteiger partial charge in [-0.3, -0.25) is 0 Å². The van der Waals surface area contributed by atoms with Crippen molar-refractivity contribution in [3.05, 3.63) is 64.2 Å². The van der Waals surface area contributed by atoms with E-state index in [1.165, 1.54) is 27.8 Å². The lowest BCUT2D eigenvalue weighted by molar-refractivity contribution is 0.0560. The van der Waals surface area contributed by atoms with Crippen LogP contribution in [0.3, 0.4) is 0 Å². The smallest absolute Gasteiger partial charge is 0.122 e. The van der Waals surface area contributed by atoms with Crippen molar-refractivity contribution in [1.82, 2.24) is 5.32 Å². The summed E-state index contributed by atoms with van der Waals surface area (Å²) >= 11 is 0. The van der Waals surface area contributed by atoms with Crippen LogP contribution in [-0.2, 0) is 11.8 Å². The molecule has 0 aliphatic rings. The lowest BCUT2D eigenvalue weighted by atomic mass is 9.69. The Morgan fingerprint density at radius 1 is 0.912 bits per heavy atom. The van der Waals surface area contributed by atoms with Gasteiger partial charge in [0.1, 0.15) is 12.4 Å². The van der Waals surface area contributed by atoms with E-state index in [4.69, 9.17) is 4.74 Å². The molecule has 0 bridgehead atoms. The standard InChI is InChI=1S/C31H49NO2/c1-10-27(32-9)21-34-28-17-16-26(20-23(28)5)31(11-2,12-3)25-15-13-24(22(4)19-25)14-18-29(33)30(6,7)8/h13,15-17,19-20,27,29,32-33H,10-12,14,18,21H2,1-9H3. The van der Waals surface area contributed by atoms with Gasteiger partial charge >= 0.3 is 0 Å². The summed E-state index contributed by atoms with van der Waals surface area (Å²) < 4.78 is 6.14. The summed E-state index contributed by atoms with van der Waals surface area (Å²) in [5.74, 6) is 0.975. The average molecular weight is 468 g/mol. The summed E-state index contributed by atoms with van der Waals surface area (Å²) in [7, 11) is 1.99. The molecule has 190 valence electrons. The number of likely N-dealkylation sites (N-methyl/N-ethyl adjacent to an activating group) is 1. The molecule has 0 saturated carbocycles. The molecular formula is C31H49NO2. The maximum absolute atomic E-state index is 10.5. The number of aliphatic hydroxyl groups excluding tert-OH is 1. The second-order valence-corrected chi connectivity index (χ2v) is 11.0. The third-order valence-corrected chi connectivity index (χ3v) is 7.86. The summed E-state index contributed by atoms with van der Waals surface area (Å²) in [6, 6.07) is 14.1. The predicted molar refractivity (Wildman–Crippen MR) is 146 cm³/mol. The van der Waals surface area contributed by atoms with Crippen molar-refractivity contribution in [2.75, 3.05) is 13.7 Å². The highest BCUT2D eigenvalue weighted by atomic mass is 16.5. The maximum Gasteiger partial charge on any atom is 0.122 e. The molecule has 2 unspecified atom stereocenters. The zero-order chi connectivity index (χ0) is 25.5. The molecule has 3 nitrogen and oxygen atoms in total. The second kappa shape index (κ2) is 12.2. The summed E-state index contributed by atoms with van der Waals surface area (Å²) in [4.78, 5) is 0. The van der Waals surface area contributed by atoms with Gasteiger partial charge in [0, 0.05) is 11.5 Å². The van der Waals surface area contributed by atoms with Crippen LogP contribution in [0.2, 0.25) is 0 Å². The molecule has 0 radical (unpaired) electrons. The van der Waals surface area contributed by atoms with Gasteiger partial charge < -0.3 is 15.2 Å². The molecular weight excluding hydrogens is 418 g/mol. The van der Waals surface area contributed by atoms with Crippen LogP contribution in [0, 0.1) is 19.3 Å². The fourth-order valence-electron chi connectivity index (χ4n) is 4.94. The second-order valence-electron chi connectivity index (χ2n) is 11.0. The monoisotopic (exact) mass is 467 g/mol. The van der Waals surface area contributed by atoms with Gasteiger partial charge in [-0.1, -0.05) is 71.9 Å². The SMILES string of the molecule is CCC(COc1ccc(C(CC)(CC)c2ccc(CCC(O)C(C)(C)C)c(C)c2)cc1C)NC.